The third kappa shape index (κ3) is 146. The predicted molar refractivity (Wildman–Crippen MR) is 39.5 cm³/mol. The zero-order valence-electron chi connectivity index (χ0n) is 6.82. The summed E-state index contributed by atoms with van der Waals surface area (Å²) in [5.41, 5.74) is 0. The Hall–Kier alpha value is -1.24. The van der Waals surface area contributed by atoms with Gasteiger partial charge in [0, 0.05) is 0 Å². The van der Waals surface area contributed by atoms with Crippen molar-refractivity contribution >= 4 is 12.2 Å². The maximum Gasteiger partial charge on any atom is 0.231 e. The zero-order chi connectivity index (χ0) is 9.41. The lowest BCUT2D eigenvalue weighted by Gasteiger charge is -1.07. The fourth-order valence-corrected chi connectivity index (χ4v) is 0. The minimum Gasteiger partial charge on any atom is -0.222 e. The number of hydrogen-bond donors (Lipinski definition) is 2. The van der Waals surface area contributed by atoms with Crippen LogP contribution in [0.5, 0.6) is 0 Å². The molecule has 0 rings (SSSR count). The lowest BCUT2D eigenvalue weighted by Crippen LogP contribution is -1.16. The van der Waals surface area contributed by atoms with E-state index >= 15 is 0 Å². The van der Waals surface area contributed by atoms with Crippen LogP contribution in [0.25, 0.3) is 0 Å². The fraction of sp³-hybridized carbons (Fsp3) is 0.667. The number of hydrogen-bond acceptors (Lipinski definition) is 4. The van der Waals surface area contributed by atoms with Crippen LogP contribution < -0.4 is 0 Å². The molecule has 0 radical (unpaired) electrons. The summed E-state index contributed by atoms with van der Waals surface area (Å²) in [5, 5.41) is 10.8. The van der Waals surface area contributed by atoms with E-state index in [1.54, 1.807) is 0 Å². The van der Waals surface area contributed by atoms with Gasteiger partial charge in [0.05, 0.1) is 0 Å². The minimum atomic E-state index is 0.750. The van der Waals surface area contributed by atoms with E-state index in [0.29, 0.717) is 0 Å². The molecule has 0 aliphatic rings. The van der Waals surface area contributed by atoms with Gasteiger partial charge in [-0.25, -0.2) is 20.4 Å². The minimum absolute atomic E-state index is 0.750. The lowest BCUT2D eigenvalue weighted by molar-refractivity contribution is 0.562. The molecule has 0 spiro atoms. The quantitative estimate of drug-likeness (QED) is 0.404. The van der Waals surface area contributed by atoms with Crippen LogP contribution in [0.3, 0.4) is 0 Å². The van der Waals surface area contributed by atoms with Gasteiger partial charge < -0.3 is 0 Å². The highest BCUT2D eigenvalue weighted by atomic mass is 16.1. The maximum atomic E-state index is 8.35. The Morgan fingerprint density at radius 2 is 0.800 bits per heavy atom. The Morgan fingerprint density at radius 1 is 0.800 bits per heavy atom. The van der Waals surface area contributed by atoms with E-state index in [1.807, 2.05) is 27.7 Å². The first-order valence-corrected chi connectivity index (χ1v) is 2.91. The Labute approximate surface area is 61.3 Å². The molecular weight excluding hydrogens is 132 g/mol. The van der Waals surface area contributed by atoms with E-state index in [1.165, 1.54) is 0 Å². The summed E-state index contributed by atoms with van der Waals surface area (Å²) in [6.45, 7) is 8.00. The third-order valence-corrected chi connectivity index (χ3v) is 0. The zero-order valence-corrected chi connectivity index (χ0v) is 6.82. The van der Waals surface area contributed by atoms with E-state index < -0.39 is 0 Å². The molecule has 0 fully saturated rings. The molecular formula is C6H14N2O2. The van der Waals surface area contributed by atoms with Crippen LogP contribution in [0.2, 0.25) is 0 Å². The maximum absolute atomic E-state index is 8.35. The molecule has 0 atom stereocenters. The molecule has 4 nitrogen and oxygen atoms in total. The van der Waals surface area contributed by atoms with E-state index in [2.05, 4.69) is 0 Å². The monoisotopic (exact) mass is 146 g/mol. The molecule has 0 unspecified atom stereocenters. The van der Waals surface area contributed by atoms with E-state index in [9.17, 15) is 0 Å². The highest BCUT2D eigenvalue weighted by Crippen LogP contribution is 1.15. The number of carbonyl (C=O) groups excluding carboxylic acids is 2. The number of nitrogens with one attached hydrogen (secondary N) is 2. The van der Waals surface area contributed by atoms with Crippen LogP contribution in [-0.4, -0.2) is 12.2 Å². The lowest BCUT2D eigenvalue weighted by atomic mass is 11.0. The average Bonchev–Trinajstić information content (AvgIpc) is 1.99. The van der Waals surface area contributed by atoms with E-state index in [-0.39, 0.29) is 0 Å². The Balaban J connectivity index is -0.0000000246. The normalized spacial score (nSPS) is 2.80. The van der Waals surface area contributed by atoms with Crippen molar-refractivity contribution in [1.82, 2.24) is 0 Å². The molecule has 60 valence electrons. The molecule has 0 saturated heterocycles. The fourth-order valence-electron chi connectivity index (χ4n) is 0. The molecule has 0 heterocycles. The van der Waals surface area contributed by atoms with Crippen LogP contribution in [0.4, 0.5) is 0 Å². The molecule has 0 aromatic heterocycles. The van der Waals surface area contributed by atoms with Crippen LogP contribution >= 0.6 is 0 Å². The largest absolute Gasteiger partial charge is 0.231 e. The van der Waals surface area contributed by atoms with Crippen LogP contribution in [0, 0.1) is 10.8 Å². The Bertz CT molecular complexity index is 67.7. The smallest absolute Gasteiger partial charge is 0.222 e. The number of rotatable bonds is 0. The molecule has 4 heteroatoms. The van der Waals surface area contributed by atoms with Crippen molar-refractivity contribution in [3.63, 3.8) is 0 Å². The molecule has 0 aliphatic heterocycles. The summed E-state index contributed by atoms with van der Waals surface area (Å²) in [6.07, 6.45) is 1.50. The Kier molecular flexibility index (Phi) is 1430. The van der Waals surface area contributed by atoms with Gasteiger partial charge >= 0.3 is 0 Å². The van der Waals surface area contributed by atoms with Gasteiger partial charge in [0.2, 0.25) is 12.2 Å². The van der Waals surface area contributed by atoms with Gasteiger partial charge in [0.1, 0.15) is 0 Å². The van der Waals surface area contributed by atoms with Crippen LogP contribution in [0.15, 0.2) is 0 Å². The van der Waals surface area contributed by atoms with Gasteiger partial charge in [-0.3, -0.25) is 0 Å². The van der Waals surface area contributed by atoms with Crippen molar-refractivity contribution in [1.29, 1.82) is 10.8 Å². The molecule has 10 heavy (non-hydrogen) atoms. The van der Waals surface area contributed by atoms with Gasteiger partial charge in [-0.05, 0) is 0 Å². The molecule has 0 amide bonds. The standard InChI is InChI=1S/2C2H6.2CHNO/c2*1-2;2*2-1-3/h2*1-2H3;2*2H. The van der Waals surface area contributed by atoms with E-state index in [0.717, 1.165) is 12.2 Å². The molecule has 0 bridgehead atoms. The van der Waals surface area contributed by atoms with Gasteiger partial charge in [0.15, 0.2) is 0 Å². The average molecular weight is 146 g/mol. The van der Waals surface area contributed by atoms with Crippen molar-refractivity contribution in [2.45, 2.75) is 27.7 Å². The Morgan fingerprint density at radius 3 is 0.800 bits per heavy atom. The second-order valence-electron chi connectivity index (χ2n) is 0.204. The summed E-state index contributed by atoms with van der Waals surface area (Å²) in [7, 11) is 0. The van der Waals surface area contributed by atoms with E-state index in [4.69, 9.17) is 20.4 Å². The van der Waals surface area contributed by atoms with Crippen molar-refractivity contribution < 1.29 is 9.59 Å². The summed E-state index contributed by atoms with van der Waals surface area (Å²) in [6, 6.07) is 0. The summed E-state index contributed by atoms with van der Waals surface area (Å²) >= 11 is 0. The molecule has 0 aromatic carbocycles. The second kappa shape index (κ2) is 614. The van der Waals surface area contributed by atoms with Crippen molar-refractivity contribution in [3.05, 3.63) is 0 Å². The van der Waals surface area contributed by atoms with Crippen LogP contribution in [-0.2, 0) is 9.59 Å². The summed E-state index contributed by atoms with van der Waals surface area (Å²) in [5.74, 6) is 0. The summed E-state index contributed by atoms with van der Waals surface area (Å²) < 4.78 is 0. The van der Waals surface area contributed by atoms with Gasteiger partial charge in [-0.1, -0.05) is 27.7 Å². The molecule has 0 saturated carbocycles. The summed E-state index contributed by atoms with van der Waals surface area (Å²) in [4.78, 5) is 16.7. The highest BCUT2D eigenvalue weighted by molar-refractivity contribution is 5.26. The van der Waals surface area contributed by atoms with Crippen LogP contribution in [0.1, 0.15) is 27.7 Å². The topological polar surface area (TPSA) is 81.8 Å². The first-order chi connectivity index (χ1) is 4.83. The second-order valence-corrected chi connectivity index (χ2v) is 0.204. The molecule has 2 N–H and O–H groups in total. The van der Waals surface area contributed by atoms with Crippen molar-refractivity contribution in [3.8, 4) is 0 Å². The molecule has 0 aliphatic carbocycles. The van der Waals surface area contributed by atoms with Crippen molar-refractivity contribution in [2.75, 3.05) is 0 Å². The highest BCUT2D eigenvalue weighted by Gasteiger charge is 1.04. The van der Waals surface area contributed by atoms with Gasteiger partial charge in [0.25, 0.3) is 0 Å². The molecule has 0 aromatic rings. The third-order valence-electron chi connectivity index (χ3n) is 0. The predicted octanol–water partition coefficient (Wildman–Crippen LogP) is 1.85. The first-order valence-electron chi connectivity index (χ1n) is 2.91. The van der Waals surface area contributed by atoms with Crippen molar-refractivity contribution in [2.24, 2.45) is 0 Å². The SMILES string of the molecule is CC.CC.N=C=O.N=C=O. The van der Waals surface area contributed by atoms with Gasteiger partial charge in [-0.2, -0.15) is 0 Å². The number of isocyanates is 2. The first kappa shape index (κ1) is 23.3. The van der Waals surface area contributed by atoms with Gasteiger partial charge in [-0.15, -0.1) is 0 Å².